The van der Waals surface area contributed by atoms with Gasteiger partial charge in [-0.2, -0.15) is 0 Å². The van der Waals surface area contributed by atoms with E-state index in [-0.39, 0.29) is 5.91 Å². The van der Waals surface area contributed by atoms with Crippen LogP contribution < -0.4 is 5.48 Å². The summed E-state index contributed by atoms with van der Waals surface area (Å²) in [5.41, 5.74) is 3.74. The maximum atomic E-state index is 11.8. The lowest BCUT2D eigenvalue weighted by atomic mass is 10.2. The van der Waals surface area contributed by atoms with E-state index in [1.807, 2.05) is 31.2 Å². The fourth-order valence-corrected chi connectivity index (χ4v) is 2.49. The summed E-state index contributed by atoms with van der Waals surface area (Å²) in [5, 5.41) is 3.83. The molecule has 0 aliphatic rings. The number of carbonyl (C=O) groups excluding carboxylic acids is 1. The molecule has 0 aliphatic carbocycles. The summed E-state index contributed by atoms with van der Waals surface area (Å²) in [6, 6.07) is 9.22. The lowest BCUT2D eigenvalue weighted by molar-refractivity contribution is 0.0534. The van der Waals surface area contributed by atoms with Gasteiger partial charge in [-0.1, -0.05) is 17.3 Å². The summed E-state index contributed by atoms with van der Waals surface area (Å²) in [6.07, 6.45) is 0. The Morgan fingerprint density at radius 2 is 2.26 bits per heavy atom. The second kappa shape index (κ2) is 6.40. The number of carbonyl (C=O) groups is 1. The number of rotatable bonds is 5. The summed E-state index contributed by atoms with van der Waals surface area (Å²) < 4.78 is 5.14. The molecule has 6 heteroatoms. The fourth-order valence-electron chi connectivity index (χ4n) is 1.56. The van der Waals surface area contributed by atoms with Crippen LogP contribution in [0.2, 0.25) is 0 Å². The SMILES string of the molecule is CONC(=O)c1ccccc1SCc1cc(C)no1. The van der Waals surface area contributed by atoms with Crippen molar-refractivity contribution in [2.75, 3.05) is 7.11 Å². The normalized spacial score (nSPS) is 10.4. The molecule has 2 rings (SSSR count). The molecule has 0 spiro atoms. The Labute approximate surface area is 115 Å². The van der Waals surface area contributed by atoms with Gasteiger partial charge in [-0.25, -0.2) is 5.48 Å². The highest BCUT2D eigenvalue weighted by atomic mass is 32.2. The van der Waals surface area contributed by atoms with Crippen LogP contribution in [0, 0.1) is 6.92 Å². The van der Waals surface area contributed by atoms with Gasteiger partial charge in [0.15, 0.2) is 0 Å². The molecule has 100 valence electrons. The molecule has 19 heavy (non-hydrogen) atoms. The summed E-state index contributed by atoms with van der Waals surface area (Å²) in [6.45, 7) is 1.87. The van der Waals surface area contributed by atoms with Crippen LogP contribution in [0.15, 0.2) is 39.8 Å². The van der Waals surface area contributed by atoms with Crippen LogP contribution in [0.4, 0.5) is 0 Å². The van der Waals surface area contributed by atoms with Gasteiger partial charge in [-0.3, -0.25) is 9.63 Å². The molecule has 0 unspecified atom stereocenters. The lowest BCUT2D eigenvalue weighted by Crippen LogP contribution is -2.22. The van der Waals surface area contributed by atoms with Gasteiger partial charge in [0, 0.05) is 11.0 Å². The molecule has 0 aliphatic heterocycles. The number of nitrogens with zero attached hydrogens (tertiary/aromatic N) is 1. The number of aromatic nitrogens is 1. The number of hydroxylamine groups is 1. The summed E-state index contributed by atoms with van der Waals surface area (Å²) in [5.74, 6) is 1.14. The fraction of sp³-hybridized carbons (Fsp3) is 0.231. The van der Waals surface area contributed by atoms with E-state index in [9.17, 15) is 4.79 Å². The van der Waals surface area contributed by atoms with Gasteiger partial charge < -0.3 is 4.52 Å². The molecule has 1 N–H and O–H groups in total. The predicted octanol–water partition coefficient (Wildman–Crippen LogP) is 2.57. The van der Waals surface area contributed by atoms with Crippen LogP contribution in [0.5, 0.6) is 0 Å². The molecule has 0 radical (unpaired) electrons. The third kappa shape index (κ3) is 3.59. The Hall–Kier alpha value is -1.79. The van der Waals surface area contributed by atoms with E-state index in [4.69, 9.17) is 4.52 Å². The molecule has 5 nitrogen and oxygen atoms in total. The van der Waals surface area contributed by atoms with Crippen LogP contribution >= 0.6 is 11.8 Å². The average Bonchev–Trinajstić information content (AvgIpc) is 2.83. The van der Waals surface area contributed by atoms with Crippen molar-refractivity contribution in [3.05, 3.63) is 47.3 Å². The number of nitrogens with one attached hydrogen (secondary N) is 1. The molecule has 1 amide bonds. The van der Waals surface area contributed by atoms with E-state index in [1.54, 1.807) is 6.07 Å². The zero-order valence-corrected chi connectivity index (χ0v) is 11.5. The van der Waals surface area contributed by atoms with Gasteiger partial charge in [0.1, 0.15) is 5.76 Å². The average molecular weight is 278 g/mol. The molecule has 1 aromatic heterocycles. The third-order valence-electron chi connectivity index (χ3n) is 2.37. The van der Waals surface area contributed by atoms with Crippen molar-refractivity contribution in [2.24, 2.45) is 0 Å². The highest BCUT2D eigenvalue weighted by Crippen LogP contribution is 2.26. The van der Waals surface area contributed by atoms with Gasteiger partial charge in [0.25, 0.3) is 5.91 Å². The third-order valence-corrected chi connectivity index (χ3v) is 3.47. The van der Waals surface area contributed by atoms with Crippen LogP contribution in [0.1, 0.15) is 21.8 Å². The quantitative estimate of drug-likeness (QED) is 0.672. The van der Waals surface area contributed by atoms with Crippen molar-refractivity contribution in [1.82, 2.24) is 10.6 Å². The van der Waals surface area contributed by atoms with Gasteiger partial charge >= 0.3 is 0 Å². The molecule has 0 bridgehead atoms. The molecular weight excluding hydrogens is 264 g/mol. The lowest BCUT2D eigenvalue weighted by Gasteiger charge is -2.07. The van der Waals surface area contributed by atoms with Crippen molar-refractivity contribution in [1.29, 1.82) is 0 Å². The van der Waals surface area contributed by atoms with E-state index in [0.717, 1.165) is 16.3 Å². The molecular formula is C13H14N2O3S. The Bertz CT molecular complexity index is 569. The van der Waals surface area contributed by atoms with E-state index < -0.39 is 0 Å². The molecule has 1 heterocycles. The zero-order valence-electron chi connectivity index (χ0n) is 10.7. The summed E-state index contributed by atoms with van der Waals surface area (Å²) >= 11 is 1.52. The van der Waals surface area contributed by atoms with Gasteiger partial charge in [0.05, 0.1) is 24.1 Å². The summed E-state index contributed by atoms with van der Waals surface area (Å²) in [4.78, 5) is 17.3. The van der Waals surface area contributed by atoms with E-state index in [2.05, 4.69) is 15.5 Å². The molecule has 0 saturated heterocycles. The van der Waals surface area contributed by atoms with Crippen LogP contribution in [0.3, 0.4) is 0 Å². The van der Waals surface area contributed by atoms with E-state index in [0.29, 0.717) is 11.3 Å². The van der Waals surface area contributed by atoms with Gasteiger partial charge in [0.2, 0.25) is 0 Å². The predicted molar refractivity (Wildman–Crippen MR) is 71.7 cm³/mol. The van der Waals surface area contributed by atoms with Crippen LogP contribution in [-0.2, 0) is 10.6 Å². The molecule has 2 aromatic rings. The minimum absolute atomic E-state index is 0.264. The number of benzene rings is 1. The highest BCUT2D eigenvalue weighted by molar-refractivity contribution is 7.98. The first kappa shape index (κ1) is 13.6. The van der Waals surface area contributed by atoms with Crippen molar-refractivity contribution in [2.45, 2.75) is 17.6 Å². The van der Waals surface area contributed by atoms with Crippen molar-refractivity contribution < 1.29 is 14.2 Å². The Balaban J connectivity index is 2.09. The van der Waals surface area contributed by atoms with Crippen molar-refractivity contribution in [3.8, 4) is 0 Å². The maximum Gasteiger partial charge on any atom is 0.275 e. The van der Waals surface area contributed by atoms with Crippen LogP contribution in [-0.4, -0.2) is 18.2 Å². The minimum atomic E-state index is -0.264. The first-order valence-corrected chi connectivity index (χ1v) is 6.66. The standard InChI is InChI=1S/C13H14N2O3S/c1-9-7-10(18-14-9)8-19-12-6-4-3-5-11(12)13(16)15-17-2/h3-7H,8H2,1-2H3,(H,15,16). The number of thioether (sulfide) groups is 1. The molecule has 0 fully saturated rings. The molecule has 1 aromatic carbocycles. The Kier molecular flexibility index (Phi) is 4.59. The monoisotopic (exact) mass is 278 g/mol. The van der Waals surface area contributed by atoms with Gasteiger partial charge in [-0.05, 0) is 19.1 Å². The Morgan fingerprint density at radius 1 is 1.47 bits per heavy atom. The number of aryl methyl sites for hydroxylation is 1. The maximum absolute atomic E-state index is 11.8. The smallest absolute Gasteiger partial charge is 0.275 e. The van der Waals surface area contributed by atoms with Crippen molar-refractivity contribution in [3.63, 3.8) is 0 Å². The Morgan fingerprint density at radius 3 is 2.95 bits per heavy atom. The number of hydrogen-bond acceptors (Lipinski definition) is 5. The number of hydrogen-bond donors (Lipinski definition) is 1. The van der Waals surface area contributed by atoms with Gasteiger partial charge in [-0.15, -0.1) is 11.8 Å². The first-order valence-electron chi connectivity index (χ1n) is 5.68. The zero-order chi connectivity index (χ0) is 13.7. The topological polar surface area (TPSA) is 64.4 Å². The molecule has 0 atom stereocenters. The second-order valence-corrected chi connectivity index (χ2v) is 4.87. The first-order chi connectivity index (χ1) is 9.20. The van der Waals surface area contributed by atoms with Crippen molar-refractivity contribution >= 4 is 17.7 Å². The second-order valence-electron chi connectivity index (χ2n) is 3.85. The highest BCUT2D eigenvalue weighted by Gasteiger charge is 2.11. The summed E-state index contributed by atoms with van der Waals surface area (Å²) in [7, 11) is 1.41. The molecule has 0 saturated carbocycles. The number of amides is 1. The largest absolute Gasteiger partial charge is 0.360 e. The van der Waals surface area contributed by atoms with E-state index in [1.165, 1.54) is 18.9 Å². The van der Waals surface area contributed by atoms with Crippen LogP contribution in [0.25, 0.3) is 0 Å². The van der Waals surface area contributed by atoms with E-state index >= 15 is 0 Å². The minimum Gasteiger partial charge on any atom is -0.360 e.